The SMILES string of the molecule is CCc1c(C(=O)N2CCCC(CO)C2)cnn1-c1cccc(Cl)c1. The second kappa shape index (κ2) is 7.36. The molecule has 0 spiro atoms. The first kappa shape index (κ1) is 17.0. The Bertz CT molecular complexity index is 729. The Hall–Kier alpha value is -1.85. The lowest BCUT2D eigenvalue weighted by Crippen LogP contribution is -2.41. The molecule has 1 aliphatic heterocycles. The quantitative estimate of drug-likeness (QED) is 0.925. The maximum atomic E-state index is 12.9. The van der Waals surface area contributed by atoms with E-state index in [4.69, 9.17) is 11.6 Å². The van der Waals surface area contributed by atoms with Gasteiger partial charge in [0.2, 0.25) is 0 Å². The first-order valence-electron chi connectivity index (χ1n) is 8.37. The van der Waals surface area contributed by atoms with Crippen LogP contribution < -0.4 is 0 Å². The van der Waals surface area contributed by atoms with Crippen LogP contribution in [-0.2, 0) is 6.42 Å². The van der Waals surface area contributed by atoms with Crippen molar-refractivity contribution < 1.29 is 9.90 Å². The highest BCUT2D eigenvalue weighted by atomic mass is 35.5. The highest BCUT2D eigenvalue weighted by Crippen LogP contribution is 2.23. The van der Waals surface area contributed by atoms with Crippen LogP contribution in [0.1, 0.15) is 35.8 Å². The average Bonchev–Trinajstić information content (AvgIpc) is 3.05. The fourth-order valence-corrected chi connectivity index (χ4v) is 3.48. The van der Waals surface area contributed by atoms with Crippen molar-refractivity contribution in [2.24, 2.45) is 5.92 Å². The molecule has 1 aromatic heterocycles. The summed E-state index contributed by atoms with van der Waals surface area (Å²) in [5.74, 6) is 0.175. The summed E-state index contributed by atoms with van der Waals surface area (Å²) in [6.07, 6.45) is 4.25. The normalized spacial score (nSPS) is 18.0. The van der Waals surface area contributed by atoms with Gasteiger partial charge in [-0.05, 0) is 43.4 Å². The number of halogens is 1. The number of carbonyl (C=O) groups excluding carboxylic acids is 1. The number of aliphatic hydroxyl groups excluding tert-OH is 1. The third kappa shape index (κ3) is 3.32. The third-order valence-corrected chi connectivity index (χ3v) is 4.79. The number of aliphatic hydroxyl groups is 1. The maximum Gasteiger partial charge on any atom is 0.257 e. The van der Waals surface area contributed by atoms with Crippen LogP contribution in [0.25, 0.3) is 5.69 Å². The van der Waals surface area contributed by atoms with E-state index in [9.17, 15) is 9.90 Å². The summed E-state index contributed by atoms with van der Waals surface area (Å²) >= 11 is 6.07. The Morgan fingerprint density at radius 3 is 3.00 bits per heavy atom. The summed E-state index contributed by atoms with van der Waals surface area (Å²) in [5, 5.41) is 14.4. The molecule has 3 rings (SSSR count). The number of hydrogen-bond donors (Lipinski definition) is 1. The van der Waals surface area contributed by atoms with Crippen molar-refractivity contribution in [2.45, 2.75) is 26.2 Å². The zero-order chi connectivity index (χ0) is 17.1. The summed E-state index contributed by atoms with van der Waals surface area (Å²) in [4.78, 5) is 14.8. The number of aromatic nitrogens is 2. The average molecular weight is 348 g/mol. The van der Waals surface area contributed by atoms with Crippen LogP contribution in [0.3, 0.4) is 0 Å². The van der Waals surface area contributed by atoms with E-state index in [2.05, 4.69) is 5.10 Å². The number of piperidine rings is 1. The molecule has 0 radical (unpaired) electrons. The predicted octanol–water partition coefficient (Wildman–Crippen LogP) is 2.93. The molecule has 1 fully saturated rings. The van der Waals surface area contributed by atoms with Crippen LogP contribution >= 0.6 is 11.6 Å². The van der Waals surface area contributed by atoms with Gasteiger partial charge in [0.25, 0.3) is 5.91 Å². The van der Waals surface area contributed by atoms with E-state index in [1.165, 1.54) is 0 Å². The first-order valence-corrected chi connectivity index (χ1v) is 8.74. The van der Waals surface area contributed by atoms with Crippen LogP contribution in [0.4, 0.5) is 0 Å². The van der Waals surface area contributed by atoms with Gasteiger partial charge in [0.15, 0.2) is 0 Å². The summed E-state index contributed by atoms with van der Waals surface area (Å²) < 4.78 is 1.78. The van der Waals surface area contributed by atoms with Gasteiger partial charge in [0.05, 0.1) is 23.1 Å². The van der Waals surface area contributed by atoms with E-state index in [0.29, 0.717) is 23.6 Å². The van der Waals surface area contributed by atoms with Gasteiger partial charge in [-0.2, -0.15) is 5.10 Å². The van der Waals surface area contributed by atoms with Crippen LogP contribution in [0.5, 0.6) is 0 Å². The molecule has 2 heterocycles. The fraction of sp³-hybridized carbons (Fsp3) is 0.444. The van der Waals surface area contributed by atoms with Gasteiger partial charge in [-0.15, -0.1) is 0 Å². The van der Waals surface area contributed by atoms with Crippen LogP contribution in [0, 0.1) is 5.92 Å². The largest absolute Gasteiger partial charge is 0.396 e. The minimum Gasteiger partial charge on any atom is -0.396 e. The standard InChI is InChI=1S/C18H22ClN3O2/c1-2-17-16(18(24)21-8-4-5-13(11-21)12-23)10-20-22(17)15-7-3-6-14(19)9-15/h3,6-7,9-10,13,23H,2,4-5,8,11-12H2,1H3. The molecule has 1 aliphatic rings. The number of rotatable bonds is 4. The summed E-state index contributed by atoms with van der Waals surface area (Å²) in [7, 11) is 0. The van der Waals surface area contributed by atoms with Crippen molar-refractivity contribution in [3.8, 4) is 5.69 Å². The second-order valence-corrected chi connectivity index (χ2v) is 6.63. The van der Waals surface area contributed by atoms with E-state index < -0.39 is 0 Å². The monoisotopic (exact) mass is 347 g/mol. The smallest absolute Gasteiger partial charge is 0.257 e. The van der Waals surface area contributed by atoms with E-state index in [1.807, 2.05) is 36.1 Å². The van der Waals surface area contributed by atoms with Crippen LogP contribution in [-0.4, -0.2) is 45.4 Å². The second-order valence-electron chi connectivity index (χ2n) is 6.19. The topological polar surface area (TPSA) is 58.4 Å². The Morgan fingerprint density at radius 1 is 1.46 bits per heavy atom. The van der Waals surface area contributed by atoms with Gasteiger partial charge in [-0.1, -0.05) is 24.6 Å². The molecular weight excluding hydrogens is 326 g/mol. The van der Waals surface area contributed by atoms with Crippen molar-refractivity contribution >= 4 is 17.5 Å². The molecule has 1 aromatic carbocycles. The number of nitrogens with zero attached hydrogens (tertiary/aromatic N) is 3. The van der Waals surface area contributed by atoms with Crippen LogP contribution in [0.2, 0.25) is 5.02 Å². The molecule has 1 atom stereocenters. The molecular formula is C18H22ClN3O2. The summed E-state index contributed by atoms with van der Waals surface area (Å²) in [6.45, 7) is 3.50. The number of carbonyl (C=O) groups is 1. The fourth-order valence-electron chi connectivity index (χ4n) is 3.29. The van der Waals surface area contributed by atoms with Gasteiger partial charge in [0, 0.05) is 24.7 Å². The molecule has 1 saturated heterocycles. The van der Waals surface area contributed by atoms with Crippen molar-refractivity contribution in [3.63, 3.8) is 0 Å². The Labute approximate surface area is 146 Å². The van der Waals surface area contributed by atoms with Gasteiger partial charge >= 0.3 is 0 Å². The third-order valence-electron chi connectivity index (χ3n) is 4.55. The number of amides is 1. The van der Waals surface area contributed by atoms with Crippen LogP contribution in [0.15, 0.2) is 30.5 Å². The molecule has 0 bridgehead atoms. The maximum absolute atomic E-state index is 12.9. The highest BCUT2D eigenvalue weighted by molar-refractivity contribution is 6.30. The molecule has 1 amide bonds. The molecule has 0 aliphatic carbocycles. The minimum atomic E-state index is -0.00159. The first-order chi connectivity index (χ1) is 11.6. The van der Waals surface area contributed by atoms with Gasteiger partial charge in [-0.3, -0.25) is 4.79 Å². The molecule has 1 unspecified atom stereocenters. The Balaban J connectivity index is 1.90. The zero-order valence-electron chi connectivity index (χ0n) is 13.8. The summed E-state index contributed by atoms with van der Waals surface area (Å²) in [5.41, 5.74) is 2.37. The lowest BCUT2D eigenvalue weighted by atomic mass is 9.98. The minimum absolute atomic E-state index is 0.00159. The highest BCUT2D eigenvalue weighted by Gasteiger charge is 2.27. The number of likely N-dealkylation sites (tertiary alicyclic amines) is 1. The van der Waals surface area contributed by atoms with E-state index in [0.717, 1.165) is 30.8 Å². The van der Waals surface area contributed by atoms with Gasteiger partial charge in [0.1, 0.15) is 0 Å². The van der Waals surface area contributed by atoms with Crippen molar-refractivity contribution in [2.75, 3.05) is 19.7 Å². The van der Waals surface area contributed by atoms with Gasteiger partial charge < -0.3 is 10.0 Å². The van der Waals surface area contributed by atoms with Crippen molar-refractivity contribution in [3.05, 3.63) is 46.7 Å². The summed E-state index contributed by atoms with van der Waals surface area (Å²) in [6, 6.07) is 7.45. The molecule has 1 N–H and O–H groups in total. The Morgan fingerprint density at radius 2 is 2.29 bits per heavy atom. The molecule has 5 nitrogen and oxygen atoms in total. The molecule has 128 valence electrons. The number of benzene rings is 1. The zero-order valence-corrected chi connectivity index (χ0v) is 14.5. The van der Waals surface area contributed by atoms with Crippen molar-refractivity contribution in [1.29, 1.82) is 0 Å². The molecule has 6 heteroatoms. The molecule has 0 saturated carbocycles. The molecule has 24 heavy (non-hydrogen) atoms. The molecule has 2 aromatic rings. The lowest BCUT2D eigenvalue weighted by Gasteiger charge is -2.31. The van der Waals surface area contributed by atoms with E-state index in [-0.39, 0.29) is 18.4 Å². The lowest BCUT2D eigenvalue weighted by molar-refractivity contribution is 0.0619. The number of hydrogen-bond acceptors (Lipinski definition) is 3. The van der Waals surface area contributed by atoms with Crippen molar-refractivity contribution in [1.82, 2.24) is 14.7 Å². The Kier molecular flexibility index (Phi) is 5.21. The van der Waals surface area contributed by atoms with E-state index >= 15 is 0 Å². The predicted molar refractivity (Wildman–Crippen MR) is 93.7 cm³/mol. The van der Waals surface area contributed by atoms with Gasteiger partial charge in [-0.25, -0.2) is 4.68 Å². The van der Waals surface area contributed by atoms with E-state index in [1.54, 1.807) is 10.9 Å².